The van der Waals surface area contributed by atoms with Crippen molar-refractivity contribution < 1.29 is 4.79 Å². The number of hydrogen-bond donors (Lipinski definition) is 0. The van der Waals surface area contributed by atoms with E-state index in [1.807, 2.05) is 24.3 Å². The van der Waals surface area contributed by atoms with Crippen molar-refractivity contribution in [3.05, 3.63) is 70.2 Å². The second kappa shape index (κ2) is 7.68. The fraction of sp³-hybridized carbons (Fsp3) is 0.211. The number of amides is 1. The average Bonchev–Trinajstić information content (AvgIpc) is 2.51. The summed E-state index contributed by atoms with van der Waals surface area (Å²) in [6.45, 7) is 2.73. The van der Waals surface area contributed by atoms with Gasteiger partial charge in [0, 0.05) is 30.1 Å². The molecule has 0 aliphatic rings. The zero-order valence-corrected chi connectivity index (χ0v) is 13.5. The first-order chi connectivity index (χ1) is 10.6. The third-order valence-electron chi connectivity index (χ3n) is 3.46. The van der Waals surface area contributed by atoms with Crippen molar-refractivity contribution in [3.8, 4) is 11.8 Å². The van der Waals surface area contributed by atoms with E-state index in [1.165, 1.54) is 11.1 Å². The molecule has 0 heterocycles. The van der Waals surface area contributed by atoms with Crippen molar-refractivity contribution in [2.75, 3.05) is 13.6 Å². The zero-order valence-electron chi connectivity index (χ0n) is 12.8. The Morgan fingerprint density at radius 1 is 1.18 bits per heavy atom. The van der Waals surface area contributed by atoms with Crippen LogP contribution in [0.1, 0.15) is 16.7 Å². The lowest BCUT2D eigenvalue weighted by molar-refractivity contribution is -0.123. The summed E-state index contributed by atoms with van der Waals surface area (Å²) in [4.78, 5) is 13.7. The topological polar surface area (TPSA) is 20.3 Å². The summed E-state index contributed by atoms with van der Waals surface area (Å²) in [5.74, 6) is 5.32. The summed E-state index contributed by atoms with van der Waals surface area (Å²) in [7, 11) is 1.77. The van der Waals surface area contributed by atoms with Crippen LogP contribution >= 0.6 is 11.6 Å². The first-order valence-corrected chi connectivity index (χ1v) is 7.51. The highest BCUT2D eigenvalue weighted by atomic mass is 35.5. The van der Waals surface area contributed by atoms with Gasteiger partial charge in [0.05, 0.1) is 0 Å². The maximum Gasteiger partial charge on any atom is 0.298 e. The second-order valence-electron chi connectivity index (χ2n) is 5.16. The van der Waals surface area contributed by atoms with Gasteiger partial charge >= 0.3 is 0 Å². The standard InChI is InChI=1S/C19H18ClNO/c1-15-6-3-4-8-17(15)12-13-21(2)19(22)11-10-16-7-5-9-18(20)14-16/h3-9,14H,12-13H2,1-2H3. The average molecular weight is 312 g/mol. The molecule has 0 spiro atoms. The molecule has 2 nitrogen and oxygen atoms in total. The lowest BCUT2D eigenvalue weighted by Crippen LogP contribution is -2.27. The van der Waals surface area contributed by atoms with Crippen LogP contribution in [0.3, 0.4) is 0 Å². The number of likely N-dealkylation sites (N-methyl/N-ethyl adjacent to an activating group) is 1. The SMILES string of the molecule is Cc1ccccc1CCN(C)C(=O)C#Cc1cccc(Cl)c1. The molecule has 0 aliphatic heterocycles. The van der Waals surface area contributed by atoms with Crippen molar-refractivity contribution in [2.45, 2.75) is 13.3 Å². The van der Waals surface area contributed by atoms with Gasteiger partial charge in [-0.3, -0.25) is 4.79 Å². The van der Waals surface area contributed by atoms with Crippen LogP contribution in [-0.4, -0.2) is 24.4 Å². The van der Waals surface area contributed by atoms with Crippen molar-refractivity contribution in [3.63, 3.8) is 0 Å². The summed E-state index contributed by atoms with van der Waals surface area (Å²) in [6.07, 6.45) is 0.827. The van der Waals surface area contributed by atoms with Crippen LogP contribution in [0.2, 0.25) is 5.02 Å². The number of carbonyl (C=O) groups excluding carboxylic acids is 1. The molecule has 0 bridgehead atoms. The lowest BCUT2D eigenvalue weighted by atomic mass is 10.1. The monoisotopic (exact) mass is 311 g/mol. The minimum Gasteiger partial charge on any atom is -0.335 e. The summed E-state index contributed by atoms with van der Waals surface area (Å²) in [6, 6.07) is 15.4. The molecule has 0 saturated carbocycles. The lowest BCUT2D eigenvalue weighted by Gasteiger charge is -2.14. The van der Waals surface area contributed by atoms with Gasteiger partial charge in [-0.1, -0.05) is 47.9 Å². The van der Waals surface area contributed by atoms with E-state index in [0.29, 0.717) is 11.6 Å². The van der Waals surface area contributed by atoms with Crippen molar-refractivity contribution >= 4 is 17.5 Å². The normalized spacial score (nSPS) is 9.77. The van der Waals surface area contributed by atoms with E-state index in [2.05, 4.69) is 30.9 Å². The van der Waals surface area contributed by atoms with E-state index < -0.39 is 0 Å². The van der Waals surface area contributed by atoms with Crippen molar-refractivity contribution in [2.24, 2.45) is 0 Å². The van der Waals surface area contributed by atoms with Crippen LogP contribution in [0, 0.1) is 18.8 Å². The Bertz CT molecular complexity index is 727. The Labute approximate surface area is 136 Å². The third kappa shape index (κ3) is 4.65. The smallest absolute Gasteiger partial charge is 0.298 e. The van der Waals surface area contributed by atoms with Crippen molar-refractivity contribution in [1.29, 1.82) is 0 Å². The molecular weight excluding hydrogens is 294 g/mol. The molecule has 1 amide bonds. The van der Waals surface area contributed by atoms with Gasteiger partial charge in [0.25, 0.3) is 5.91 Å². The van der Waals surface area contributed by atoms with E-state index in [-0.39, 0.29) is 5.91 Å². The van der Waals surface area contributed by atoms with Crippen LogP contribution in [0.5, 0.6) is 0 Å². The van der Waals surface area contributed by atoms with Crippen molar-refractivity contribution in [1.82, 2.24) is 4.90 Å². The highest BCUT2D eigenvalue weighted by Crippen LogP contribution is 2.10. The molecule has 0 atom stereocenters. The largest absolute Gasteiger partial charge is 0.335 e. The number of nitrogens with zero attached hydrogens (tertiary/aromatic N) is 1. The zero-order chi connectivity index (χ0) is 15.9. The molecule has 22 heavy (non-hydrogen) atoms. The van der Waals surface area contributed by atoms with Crippen LogP contribution in [0.25, 0.3) is 0 Å². The molecule has 3 heteroatoms. The Morgan fingerprint density at radius 2 is 1.95 bits per heavy atom. The number of halogens is 1. The van der Waals surface area contributed by atoms with Gasteiger partial charge < -0.3 is 4.90 Å². The number of benzene rings is 2. The fourth-order valence-electron chi connectivity index (χ4n) is 2.07. The fourth-order valence-corrected chi connectivity index (χ4v) is 2.26. The molecular formula is C19H18ClNO. The Kier molecular flexibility index (Phi) is 5.63. The molecule has 0 N–H and O–H groups in total. The summed E-state index contributed by atoms with van der Waals surface area (Å²) in [5, 5.41) is 0.618. The Hall–Kier alpha value is -2.24. The second-order valence-corrected chi connectivity index (χ2v) is 5.60. The number of rotatable bonds is 3. The van der Waals surface area contributed by atoms with E-state index in [4.69, 9.17) is 11.6 Å². The third-order valence-corrected chi connectivity index (χ3v) is 3.70. The predicted molar refractivity (Wildman–Crippen MR) is 90.9 cm³/mol. The molecule has 2 aromatic carbocycles. The van der Waals surface area contributed by atoms with Crippen LogP contribution in [0.4, 0.5) is 0 Å². The van der Waals surface area contributed by atoms with E-state index in [0.717, 1.165) is 12.0 Å². The molecule has 0 fully saturated rings. The van der Waals surface area contributed by atoms with Gasteiger partial charge in [-0.2, -0.15) is 0 Å². The highest BCUT2D eigenvalue weighted by Gasteiger charge is 2.06. The molecule has 2 aromatic rings. The van der Waals surface area contributed by atoms with Crippen LogP contribution < -0.4 is 0 Å². The maximum atomic E-state index is 12.0. The quantitative estimate of drug-likeness (QED) is 0.792. The van der Waals surface area contributed by atoms with Gasteiger partial charge in [-0.05, 0) is 42.7 Å². The highest BCUT2D eigenvalue weighted by molar-refractivity contribution is 6.30. The molecule has 112 valence electrons. The predicted octanol–water partition coefficient (Wildman–Crippen LogP) is 3.70. The number of carbonyl (C=O) groups is 1. The molecule has 0 radical (unpaired) electrons. The number of hydrogen-bond acceptors (Lipinski definition) is 1. The summed E-state index contributed by atoms with van der Waals surface area (Å²) >= 11 is 5.89. The van der Waals surface area contributed by atoms with Crippen LogP contribution in [-0.2, 0) is 11.2 Å². The maximum absolute atomic E-state index is 12.0. The minimum atomic E-state index is -0.187. The van der Waals surface area contributed by atoms with Gasteiger partial charge in [0.1, 0.15) is 0 Å². The first-order valence-electron chi connectivity index (χ1n) is 7.13. The molecule has 0 aromatic heterocycles. The number of aryl methyl sites for hydroxylation is 1. The molecule has 0 aliphatic carbocycles. The first kappa shape index (κ1) is 16.1. The Balaban J connectivity index is 1.94. The van der Waals surface area contributed by atoms with E-state index >= 15 is 0 Å². The summed E-state index contributed by atoms with van der Waals surface area (Å²) < 4.78 is 0. The summed E-state index contributed by atoms with van der Waals surface area (Å²) in [5.41, 5.74) is 3.24. The van der Waals surface area contributed by atoms with Crippen LogP contribution in [0.15, 0.2) is 48.5 Å². The molecule has 0 saturated heterocycles. The molecule has 2 rings (SSSR count). The van der Waals surface area contributed by atoms with E-state index in [9.17, 15) is 4.79 Å². The van der Waals surface area contributed by atoms with Gasteiger partial charge in [0.15, 0.2) is 0 Å². The van der Waals surface area contributed by atoms with Gasteiger partial charge in [0.2, 0.25) is 0 Å². The van der Waals surface area contributed by atoms with Gasteiger partial charge in [-0.15, -0.1) is 0 Å². The minimum absolute atomic E-state index is 0.187. The Morgan fingerprint density at radius 3 is 2.68 bits per heavy atom. The van der Waals surface area contributed by atoms with Gasteiger partial charge in [-0.25, -0.2) is 0 Å². The van der Waals surface area contributed by atoms with E-state index in [1.54, 1.807) is 24.1 Å². The molecule has 0 unspecified atom stereocenters.